The fraction of sp³-hybridized carbons (Fsp3) is 0.860. The smallest absolute Gasteiger partial charge is 0.305 e. The molecule has 0 aliphatic carbocycles. The summed E-state index contributed by atoms with van der Waals surface area (Å²) in [5.41, 5.74) is 0. The maximum atomic E-state index is 12.5. The van der Waals surface area contributed by atoms with Crippen molar-refractivity contribution in [2.75, 3.05) is 13.2 Å². The van der Waals surface area contributed by atoms with Crippen molar-refractivity contribution >= 4 is 11.9 Å². The lowest BCUT2D eigenvalue weighted by Gasteiger charge is -2.19. The molecule has 2 unspecified atom stereocenters. The Bertz CT molecular complexity index is 1020. The van der Waals surface area contributed by atoms with E-state index >= 15 is 0 Å². The van der Waals surface area contributed by atoms with Gasteiger partial charge in [-0.25, -0.2) is 0 Å². The van der Waals surface area contributed by atoms with Crippen LogP contribution in [0.2, 0.25) is 0 Å². The van der Waals surface area contributed by atoms with E-state index in [2.05, 4.69) is 43.5 Å². The zero-order valence-electron chi connectivity index (χ0n) is 42.1. The number of ether oxygens (including phenoxy) is 1. The predicted octanol–water partition coefficient (Wildman–Crippen LogP) is 16.9. The van der Waals surface area contributed by atoms with Gasteiger partial charge in [-0.1, -0.05) is 230 Å². The molecule has 63 heavy (non-hydrogen) atoms. The average molecular weight is 886 g/mol. The molecule has 0 spiro atoms. The summed E-state index contributed by atoms with van der Waals surface area (Å²) in [6.07, 6.45) is 64.4. The molecule has 0 heterocycles. The van der Waals surface area contributed by atoms with Gasteiger partial charge in [0.05, 0.1) is 25.4 Å². The first-order valence-corrected chi connectivity index (χ1v) is 27.8. The molecule has 6 nitrogen and oxygen atoms in total. The molecular formula is C57H107NO5. The standard InChI is InChI=1S/C57H107NO5/c1-3-5-7-9-11-13-15-17-18-19-20-21-22-23-24-26-29-33-37-41-45-49-55(60)54(53-59)58-56(61)50-46-42-38-34-30-27-25-28-32-36-40-44-48-52-63-57(62)51-47-43-39-35-31-16-14-12-10-8-6-4-2/h12,14,27,30,45,49,54-55,59-60H,3-11,13,15-26,28-29,31-44,46-48,50-53H2,1-2H3,(H,58,61)/b14-12-,30-27-,49-45+. The van der Waals surface area contributed by atoms with Gasteiger partial charge in [-0.3, -0.25) is 9.59 Å². The van der Waals surface area contributed by atoms with Crippen molar-refractivity contribution in [1.29, 1.82) is 0 Å². The van der Waals surface area contributed by atoms with E-state index in [1.165, 1.54) is 193 Å². The van der Waals surface area contributed by atoms with Gasteiger partial charge in [0.2, 0.25) is 5.91 Å². The fourth-order valence-electron chi connectivity index (χ4n) is 8.33. The molecule has 2 atom stereocenters. The number of unbranched alkanes of at least 4 members (excludes halogenated alkanes) is 36. The summed E-state index contributed by atoms with van der Waals surface area (Å²) >= 11 is 0. The maximum Gasteiger partial charge on any atom is 0.305 e. The third-order valence-electron chi connectivity index (χ3n) is 12.6. The number of aliphatic hydroxyl groups excluding tert-OH is 2. The molecule has 3 N–H and O–H groups in total. The third-order valence-corrected chi connectivity index (χ3v) is 12.6. The lowest BCUT2D eigenvalue weighted by molar-refractivity contribution is -0.143. The normalized spacial score (nSPS) is 12.9. The highest BCUT2D eigenvalue weighted by Crippen LogP contribution is 2.16. The summed E-state index contributed by atoms with van der Waals surface area (Å²) in [6, 6.07) is -0.649. The van der Waals surface area contributed by atoms with E-state index in [0.717, 1.165) is 70.6 Å². The molecule has 0 saturated heterocycles. The van der Waals surface area contributed by atoms with E-state index in [0.29, 0.717) is 19.4 Å². The maximum absolute atomic E-state index is 12.5. The SMILES string of the molecule is CCCCC/C=C\CCCCCCCC(=O)OCCCCCCCC/C=C\CCCCCC(=O)NC(CO)C(O)/C=C/CCCCCCCCCCCCCCCCCCCCC. The van der Waals surface area contributed by atoms with Gasteiger partial charge < -0.3 is 20.3 Å². The zero-order valence-corrected chi connectivity index (χ0v) is 42.1. The van der Waals surface area contributed by atoms with Crippen LogP contribution in [0.5, 0.6) is 0 Å². The van der Waals surface area contributed by atoms with E-state index in [1.54, 1.807) is 6.08 Å². The molecular weight excluding hydrogens is 779 g/mol. The Balaban J connectivity index is 3.54. The van der Waals surface area contributed by atoms with Gasteiger partial charge in [0.15, 0.2) is 0 Å². The van der Waals surface area contributed by atoms with Crippen LogP contribution in [-0.4, -0.2) is 47.4 Å². The molecule has 0 aromatic rings. The number of rotatable bonds is 51. The summed E-state index contributed by atoms with van der Waals surface area (Å²) in [6.45, 7) is 4.84. The Morgan fingerprint density at radius 3 is 1.17 bits per heavy atom. The molecule has 370 valence electrons. The van der Waals surface area contributed by atoms with Crippen molar-refractivity contribution in [1.82, 2.24) is 5.32 Å². The first-order valence-electron chi connectivity index (χ1n) is 27.8. The molecule has 0 bridgehead atoms. The molecule has 6 heteroatoms. The highest BCUT2D eigenvalue weighted by Gasteiger charge is 2.18. The first kappa shape index (κ1) is 61.1. The second kappa shape index (κ2) is 52.7. The number of esters is 1. The van der Waals surface area contributed by atoms with Crippen molar-refractivity contribution in [3.63, 3.8) is 0 Å². The summed E-state index contributed by atoms with van der Waals surface area (Å²) in [5.74, 6) is -0.121. The number of nitrogens with one attached hydrogen (secondary N) is 1. The Kier molecular flexibility index (Phi) is 51.1. The van der Waals surface area contributed by atoms with Crippen molar-refractivity contribution in [3.05, 3.63) is 36.5 Å². The Labute approximate surface area is 392 Å². The average Bonchev–Trinajstić information content (AvgIpc) is 3.28. The number of aliphatic hydroxyl groups is 2. The van der Waals surface area contributed by atoms with Crippen LogP contribution in [0.25, 0.3) is 0 Å². The molecule has 0 aliphatic rings. The minimum absolute atomic E-state index is 0.0242. The highest BCUT2D eigenvalue weighted by molar-refractivity contribution is 5.76. The number of hydrogen-bond acceptors (Lipinski definition) is 5. The Morgan fingerprint density at radius 2 is 0.746 bits per heavy atom. The van der Waals surface area contributed by atoms with Gasteiger partial charge >= 0.3 is 5.97 Å². The van der Waals surface area contributed by atoms with Crippen LogP contribution >= 0.6 is 0 Å². The minimum Gasteiger partial charge on any atom is -0.466 e. The molecule has 0 aromatic carbocycles. The number of hydrogen-bond donors (Lipinski definition) is 3. The number of carbonyl (C=O) groups excluding carboxylic acids is 2. The highest BCUT2D eigenvalue weighted by atomic mass is 16.5. The van der Waals surface area contributed by atoms with E-state index in [-0.39, 0.29) is 18.5 Å². The lowest BCUT2D eigenvalue weighted by Crippen LogP contribution is -2.45. The third kappa shape index (κ3) is 49.4. The van der Waals surface area contributed by atoms with Crippen molar-refractivity contribution < 1.29 is 24.5 Å². The second-order valence-corrected chi connectivity index (χ2v) is 18.9. The summed E-state index contributed by atoms with van der Waals surface area (Å²) in [7, 11) is 0. The number of amides is 1. The molecule has 1 amide bonds. The van der Waals surface area contributed by atoms with Crippen molar-refractivity contribution in [2.45, 2.75) is 302 Å². The fourth-order valence-corrected chi connectivity index (χ4v) is 8.33. The topological polar surface area (TPSA) is 95.9 Å². The zero-order chi connectivity index (χ0) is 45.8. The molecule has 0 aromatic heterocycles. The van der Waals surface area contributed by atoms with Crippen LogP contribution in [0.15, 0.2) is 36.5 Å². The summed E-state index contributed by atoms with van der Waals surface area (Å²) in [4.78, 5) is 24.4. The van der Waals surface area contributed by atoms with E-state index in [4.69, 9.17) is 4.74 Å². The van der Waals surface area contributed by atoms with Crippen LogP contribution in [0, 0.1) is 0 Å². The van der Waals surface area contributed by atoms with Gasteiger partial charge in [-0.15, -0.1) is 0 Å². The molecule has 0 saturated carbocycles. The van der Waals surface area contributed by atoms with Crippen LogP contribution in [0.3, 0.4) is 0 Å². The van der Waals surface area contributed by atoms with Crippen LogP contribution in [0.4, 0.5) is 0 Å². The minimum atomic E-state index is -0.863. The Morgan fingerprint density at radius 1 is 0.429 bits per heavy atom. The first-order chi connectivity index (χ1) is 31.0. The van der Waals surface area contributed by atoms with Crippen LogP contribution in [-0.2, 0) is 14.3 Å². The monoisotopic (exact) mass is 886 g/mol. The van der Waals surface area contributed by atoms with E-state index in [9.17, 15) is 19.8 Å². The summed E-state index contributed by atoms with van der Waals surface area (Å²) < 4.78 is 5.44. The quantitative estimate of drug-likeness (QED) is 0.0321. The van der Waals surface area contributed by atoms with Gasteiger partial charge in [-0.2, -0.15) is 0 Å². The molecule has 0 fully saturated rings. The predicted molar refractivity (Wildman–Crippen MR) is 273 cm³/mol. The van der Waals surface area contributed by atoms with Gasteiger partial charge in [0.25, 0.3) is 0 Å². The second-order valence-electron chi connectivity index (χ2n) is 18.9. The number of carbonyl (C=O) groups is 2. The molecule has 0 aliphatic heterocycles. The van der Waals surface area contributed by atoms with E-state index < -0.39 is 12.1 Å². The van der Waals surface area contributed by atoms with E-state index in [1.807, 2.05) is 6.08 Å². The van der Waals surface area contributed by atoms with Gasteiger partial charge in [0, 0.05) is 12.8 Å². The van der Waals surface area contributed by atoms with Gasteiger partial charge in [0.1, 0.15) is 0 Å². The summed E-state index contributed by atoms with van der Waals surface area (Å²) in [5, 5.41) is 23.1. The largest absolute Gasteiger partial charge is 0.466 e. The van der Waals surface area contributed by atoms with Gasteiger partial charge in [-0.05, 0) is 83.5 Å². The molecule has 0 rings (SSSR count). The molecule has 0 radical (unpaired) electrons. The van der Waals surface area contributed by atoms with Crippen molar-refractivity contribution in [3.8, 4) is 0 Å². The van der Waals surface area contributed by atoms with Crippen molar-refractivity contribution in [2.24, 2.45) is 0 Å². The van der Waals surface area contributed by atoms with Crippen LogP contribution < -0.4 is 5.32 Å². The lowest BCUT2D eigenvalue weighted by atomic mass is 10.0. The Hall–Kier alpha value is -1.92. The van der Waals surface area contributed by atoms with Crippen LogP contribution in [0.1, 0.15) is 290 Å². The number of allylic oxidation sites excluding steroid dienone is 5.